The van der Waals surface area contributed by atoms with Crippen LogP contribution in [0.4, 0.5) is 22.7 Å². The van der Waals surface area contributed by atoms with Gasteiger partial charge >= 0.3 is 0 Å². The zero-order valence-corrected chi connectivity index (χ0v) is 48.9. The van der Waals surface area contributed by atoms with Gasteiger partial charge in [-0.1, -0.05) is 52.0 Å². The van der Waals surface area contributed by atoms with E-state index in [1.807, 2.05) is 27.7 Å². The SMILES string of the molecule is CCCOc1c2cc(NC(=O)c3cccc(O)c3O)cc1Cc1cc(NC(=O)c3cccc(O)c3O)cc(c1OCCC)Cc1cc(NC(=O)c3cccc(O)c3O)cc(c1OCCC)Cc1cc(NC(=O)c3cccc(O)c3O)cc(c1OCCC)C2. The molecule has 0 saturated heterocycles. The number of phenols is 8. The first kappa shape index (κ1) is 61.8. The highest BCUT2D eigenvalue weighted by molar-refractivity contribution is 6.09. The van der Waals surface area contributed by atoms with Crippen LogP contribution in [0.3, 0.4) is 0 Å². The first-order valence-corrected chi connectivity index (χ1v) is 28.8. The maximum Gasteiger partial charge on any atom is 0.259 e. The van der Waals surface area contributed by atoms with E-state index in [1.54, 1.807) is 48.5 Å². The monoisotopic (exact) mass is 1200 g/mol. The highest BCUT2D eigenvalue weighted by atomic mass is 16.5. The number of nitrogens with one attached hydrogen (secondary N) is 4. The van der Waals surface area contributed by atoms with E-state index < -0.39 is 69.6 Å². The maximum absolute atomic E-state index is 14.3. The van der Waals surface area contributed by atoms with E-state index in [9.17, 15) is 60.0 Å². The molecule has 1 aliphatic carbocycles. The first-order chi connectivity index (χ1) is 42.4. The average molecular weight is 1200 g/mol. The van der Waals surface area contributed by atoms with Gasteiger partial charge in [0.25, 0.3) is 23.6 Å². The lowest BCUT2D eigenvalue weighted by Gasteiger charge is -2.25. The predicted molar refractivity (Wildman–Crippen MR) is 331 cm³/mol. The van der Waals surface area contributed by atoms with Crippen molar-refractivity contribution in [1.29, 1.82) is 0 Å². The molecular weight excluding hydrogens is 1130 g/mol. The van der Waals surface area contributed by atoms with Crippen LogP contribution < -0.4 is 40.2 Å². The zero-order valence-electron chi connectivity index (χ0n) is 48.9. The van der Waals surface area contributed by atoms with Gasteiger partial charge in [-0.3, -0.25) is 19.2 Å². The molecule has 0 radical (unpaired) electrons. The van der Waals surface area contributed by atoms with Crippen LogP contribution in [-0.4, -0.2) is 90.9 Å². The number of carbonyl (C=O) groups excluding carboxylic acids is 4. The van der Waals surface area contributed by atoms with Crippen molar-refractivity contribution in [2.24, 2.45) is 0 Å². The second-order valence-corrected chi connectivity index (χ2v) is 21.1. The summed E-state index contributed by atoms with van der Waals surface area (Å²) in [5.74, 6) is -6.18. The Labute approximate surface area is 507 Å². The van der Waals surface area contributed by atoms with E-state index in [-0.39, 0.29) is 97.1 Å². The lowest BCUT2D eigenvalue weighted by atomic mass is 9.90. The third kappa shape index (κ3) is 13.8. The van der Waals surface area contributed by atoms with Crippen molar-refractivity contribution >= 4 is 46.4 Å². The van der Waals surface area contributed by atoms with Gasteiger partial charge < -0.3 is 81.1 Å². The molecule has 20 nitrogen and oxygen atoms in total. The second kappa shape index (κ2) is 27.5. The number of anilines is 4. The summed E-state index contributed by atoms with van der Waals surface area (Å²) in [6.45, 7) is 8.60. The molecule has 8 aromatic rings. The quantitative estimate of drug-likeness (QED) is 0.0316. The minimum Gasteiger partial charge on any atom is -0.504 e. The molecule has 8 aromatic carbocycles. The fraction of sp³-hybridized carbons (Fsp3) is 0.235. The molecule has 8 bridgehead atoms. The van der Waals surface area contributed by atoms with Gasteiger partial charge in [0.1, 0.15) is 23.0 Å². The predicted octanol–water partition coefficient (Wildman–Crippen LogP) is 12.2. The molecule has 456 valence electrons. The molecule has 9 rings (SSSR count). The van der Waals surface area contributed by atoms with Crippen LogP contribution in [0.2, 0.25) is 0 Å². The Kier molecular flexibility index (Phi) is 19.3. The largest absolute Gasteiger partial charge is 0.504 e. The van der Waals surface area contributed by atoms with E-state index in [0.29, 0.717) is 93.2 Å². The molecule has 0 aromatic heterocycles. The van der Waals surface area contributed by atoms with E-state index in [0.717, 1.165) is 0 Å². The average Bonchev–Trinajstić information content (AvgIpc) is 3.03. The summed E-state index contributed by atoms with van der Waals surface area (Å²) < 4.78 is 27.1. The van der Waals surface area contributed by atoms with Crippen molar-refractivity contribution < 1.29 is 79.0 Å². The van der Waals surface area contributed by atoms with Crippen LogP contribution in [0, 0.1) is 0 Å². The summed E-state index contributed by atoms with van der Waals surface area (Å²) in [4.78, 5) is 57.0. The molecule has 0 aliphatic heterocycles. The minimum atomic E-state index is -0.769. The van der Waals surface area contributed by atoms with Crippen molar-refractivity contribution in [2.45, 2.75) is 79.1 Å². The van der Waals surface area contributed by atoms with Crippen LogP contribution in [-0.2, 0) is 25.7 Å². The molecule has 0 saturated carbocycles. The summed E-state index contributed by atoms with van der Waals surface area (Å²) in [5, 5.41) is 97.1. The second-order valence-electron chi connectivity index (χ2n) is 21.1. The fourth-order valence-electron chi connectivity index (χ4n) is 10.4. The normalized spacial score (nSPS) is 11.7. The van der Waals surface area contributed by atoms with Crippen molar-refractivity contribution in [1.82, 2.24) is 0 Å². The Morgan fingerprint density at radius 2 is 0.500 bits per heavy atom. The number of hydrogen-bond acceptors (Lipinski definition) is 16. The molecule has 88 heavy (non-hydrogen) atoms. The van der Waals surface area contributed by atoms with Crippen molar-refractivity contribution in [3.63, 3.8) is 0 Å². The number of hydrogen-bond donors (Lipinski definition) is 12. The van der Waals surface area contributed by atoms with Gasteiger partial charge in [0.05, 0.1) is 48.7 Å². The number of para-hydroxylation sites is 4. The Morgan fingerprint density at radius 3 is 0.670 bits per heavy atom. The number of carbonyl (C=O) groups is 4. The van der Waals surface area contributed by atoms with Gasteiger partial charge in [0, 0.05) is 92.9 Å². The van der Waals surface area contributed by atoms with Gasteiger partial charge in [0.2, 0.25) is 0 Å². The van der Waals surface area contributed by atoms with E-state index in [4.69, 9.17) is 18.9 Å². The molecule has 4 amide bonds. The maximum atomic E-state index is 14.3. The number of fused-ring (bicyclic) bond motifs is 8. The highest BCUT2D eigenvalue weighted by Crippen LogP contribution is 2.44. The molecule has 20 heteroatoms. The van der Waals surface area contributed by atoms with Gasteiger partial charge in [-0.2, -0.15) is 0 Å². The summed E-state index contributed by atoms with van der Waals surface area (Å²) in [6, 6.07) is 29.6. The summed E-state index contributed by atoms with van der Waals surface area (Å²) >= 11 is 0. The van der Waals surface area contributed by atoms with Gasteiger partial charge in [-0.15, -0.1) is 0 Å². The Balaban J connectivity index is 1.36. The number of ether oxygens (including phenoxy) is 4. The van der Waals surface area contributed by atoms with Crippen LogP contribution >= 0.6 is 0 Å². The van der Waals surface area contributed by atoms with Gasteiger partial charge in [-0.25, -0.2) is 0 Å². The Morgan fingerprint density at radius 1 is 0.318 bits per heavy atom. The van der Waals surface area contributed by atoms with Gasteiger partial charge in [-0.05, 0) is 123 Å². The third-order valence-corrected chi connectivity index (χ3v) is 14.4. The van der Waals surface area contributed by atoms with E-state index in [1.165, 1.54) is 72.8 Å². The summed E-state index contributed by atoms with van der Waals surface area (Å²) in [5.41, 5.74) is 3.92. The molecule has 1 aliphatic rings. The van der Waals surface area contributed by atoms with Crippen LogP contribution in [0.5, 0.6) is 69.0 Å². The topological polar surface area (TPSA) is 315 Å². The van der Waals surface area contributed by atoms with Crippen molar-refractivity contribution in [3.8, 4) is 69.0 Å². The highest BCUT2D eigenvalue weighted by Gasteiger charge is 2.28. The summed E-state index contributed by atoms with van der Waals surface area (Å²) in [7, 11) is 0. The molecule has 0 fully saturated rings. The molecule has 0 unspecified atom stereocenters. The third-order valence-electron chi connectivity index (χ3n) is 14.4. The van der Waals surface area contributed by atoms with Crippen molar-refractivity contribution in [2.75, 3.05) is 47.7 Å². The van der Waals surface area contributed by atoms with Crippen LogP contribution in [0.25, 0.3) is 0 Å². The molecule has 0 atom stereocenters. The Hall–Kier alpha value is -10.8. The number of amides is 4. The number of benzene rings is 8. The molecule has 0 heterocycles. The lowest BCUT2D eigenvalue weighted by molar-refractivity contribution is 0.101. The van der Waals surface area contributed by atoms with Crippen molar-refractivity contribution in [3.05, 3.63) is 188 Å². The smallest absolute Gasteiger partial charge is 0.259 e. The number of phenolic OH excluding ortho intramolecular Hbond substituents is 8. The number of rotatable bonds is 20. The van der Waals surface area contributed by atoms with E-state index >= 15 is 0 Å². The van der Waals surface area contributed by atoms with Crippen LogP contribution in [0.1, 0.15) is 139 Å². The molecule has 0 spiro atoms. The standard InChI is InChI=1S/C68H68N4O16/c1-5-21-85-61-37-25-39-31-46(70-66(82)50-14-10-18-54(74)58(50)78)33-41(62(39)86-22-6-2)27-43-35-48(72-68(84)52-16-12-20-56(76)60(52)80)36-44(64(43)88-24-8-4)28-42-34-47(71-67(83)51-15-11-19-55(75)59(51)79)32-40(63(42)87-23-7-3)26-38(61)30-45(29-37)69-65(81)49-13-9-17-53(73)57(49)77/h9-20,29-36,73-80H,5-8,21-28H2,1-4H3,(H,69,81)(H,70,82)(H,71,83)(H,72,84). The summed E-state index contributed by atoms with van der Waals surface area (Å²) in [6.07, 6.45) is 2.13. The Bertz CT molecular complexity index is 3370. The van der Waals surface area contributed by atoms with Gasteiger partial charge in [0.15, 0.2) is 46.0 Å². The first-order valence-electron chi connectivity index (χ1n) is 28.8. The van der Waals surface area contributed by atoms with Crippen LogP contribution in [0.15, 0.2) is 121 Å². The number of aromatic hydroxyl groups is 8. The zero-order chi connectivity index (χ0) is 62.8. The van der Waals surface area contributed by atoms with E-state index in [2.05, 4.69) is 21.3 Å². The minimum absolute atomic E-state index is 0.0256. The molecule has 12 N–H and O–H groups in total. The lowest BCUT2D eigenvalue weighted by Crippen LogP contribution is -2.16. The fourth-order valence-corrected chi connectivity index (χ4v) is 10.4. The molecular formula is C68H68N4O16.